The Labute approximate surface area is 76.8 Å². The molecule has 0 saturated heterocycles. The third-order valence-electron chi connectivity index (χ3n) is 1.53. The lowest BCUT2D eigenvalue weighted by molar-refractivity contribution is 0.781. The van der Waals surface area contributed by atoms with Crippen LogP contribution in [0.25, 0.3) is 0 Å². The van der Waals surface area contributed by atoms with E-state index >= 15 is 0 Å². The van der Waals surface area contributed by atoms with E-state index in [0.29, 0.717) is 0 Å². The molecule has 0 amide bonds. The summed E-state index contributed by atoms with van der Waals surface area (Å²) in [5.74, 6) is 12.2. The predicted molar refractivity (Wildman–Crippen MR) is 54.6 cm³/mol. The summed E-state index contributed by atoms with van der Waals surface area (Å²) in [6, 6.07) is 0. The average molecular weight is 162 g/mol. The summed E-state index contributed by atoms with van der Waals surface area (Å²) in [5.41, 5.74) is 0. The van der Waals surface area contributed by atoms with Crippen molar-refractivity contribution >= 4 is 0 Å². The normalized spacial score (nSPS) is 7.83. The zero-order chi connectivity index (χ0) is 9.07. The van der Waals surface area contributed by atoms with Gasteiger partial charge in [-0.3, -0.25) is 0 Å². The molecule has 0 heterocycles. The van der Waals surface area contributed by atoms with Crippen LogP contribution >= 0.6 is 0 Å². The minimum Gasteiger partial charge on any atom is -0.107 e. The van der Waals surface area contributed by atoms with Gasteiger partial charge in [-0.05, 0) is 26.2 Å². The van der Waals surface area contributed by atoms with E-state index < -0.39 is 0 Å². The highest BCUT2D eigenvalue weighted by Gasteiger charge is 1.81. The molecule has 0 spiro atoms. The fourth-order valence-electron chi connectivity index (χ4n) is 0.854. The van der Waals surface area contributed by atoms with Gasteiger partial charge in [-0.25, -0.2) is 0 Å². The van der Waals surface area contributed by atoms with E-state index in [1.165, 1.54) is 19.3 Å². The first-order valence-corrected chi connectivity index (χ1v) is 4.77. The first-order chi connectivity index (χ1) is 5.91. The molecular formula is C12H18. The molecule has 0 heteroatoms. The molecule has 0 fully saturated rings. The van der Waals surface area contributed by atoms with E-state index in [2.05, 4.69) is 30.6 Å². The van der Waals surface area contributed by atoms with Crippen molar-refractivity contribution in [2.75, 3.05) is 0 Å². The Morgan fingerprint density at radius 1 is 0.833 bits per heavy atom. The Morgan fingerprint density at radius 3 is 2.00 bits per heavy atom. The highest BCUT2D eigenvalue weighted by Crippen LogP contribution is 1.97. The number of rotatable bonds is 4. The summed E-state index contributed by atoms with van der Waals surface area (Å²) in [6.45, 7) is 4.05. The van der Waals surface area contributed by atoms with Crippen LogP contribution in [-0.4, -0.2) is 0 Å². The van der Waals surface area contributed by atoms with Crippen molar-refractivity contribution in [2.24, 2.45) is 0 Å². The van der Waals surface area contributed by atoms with Gasteiger partial charge in [0.15, 0.2) is 0 Å². The molecule has 0 unspecified atom stereocenters. The summed E-state index contributed by atoms with van der Waals surface area (Å²) in [6.07, 6.45) is 6.70. The highest BCUT2D eigenvalue weighted by atomic mass is 13.9. The number of hydrogen-bond acceptors (Lipinski definition) is 0. The second kappa shape index (κ2) is 10.1. The van der Waals surface area contributed by atoms with Crippen LogP contribution in [0, 0.1) is 23.7 Å². The summed E-state index contributed by atoms with van der Waals surface area (Å²) in [7, 11) is 0. The van der Waals surface area contributed by atoms with Crippen LogP contribution in [-0.2, 0) is 0 Å². The molecule has 66 valence electrons. The molecule has 0 nitrogen and oxygen atoms in total. The lowest BCUT2D eigenvalue weighted by Crippen LogP contribution is -1.73. The van der Waals surface area contributed by atoms with E-state index in [-0.39, 0.29) is 0 Å². The zero-order valence-corrected chi connectivity index (χ0v) is 8.24. The van der Waals surface area contributed by atoms with Crippen molar-refractivity contribution in [2.45, 2.75) is 52.4 Å². The van der Waals surface area contributed by atoms with Gasteiger partial charge in [-0.1, -0.05) is 6.92 Å². The van der Waals surface area contributed by atoms with Crippen LogP contribution in [0.5, 0.6) is 0 Å². The van der Waals surface area contributed by atoms with Crippen LogP contribution in [0.15, 0.2) is 0 Å². The molecule has 0 aromatic carbocycles. The van der Waals surface area contributed by atoms with Gasteiger partial charge in [0.2, 0.25) is 0 Å². The SMILES string of the molecule is CC#CCCCCC#CCCC. The minimum absolute atomic E-state index is 1.03. The molecule has 0 atom stereocenters. The summed E-state index contributed by atoms with van der Waals surface area (Å²) >= 11 is 0. The van der Waals surface area contributed by atoms with Gasteiger partial charge in [-0.15, -0.1) is 23.7 Å². The zero-order valence-electron chi connectivity index (χ0n) is 8.24. The Bertz CT molecular complexity index is 192. The van der Waals surface area contributed by atoms with E-state index in [0.717, 1.165) is 19.3 Å². The molecular weight excluding hydrogens is 144 g/mol. The van der Waals surface area contributed by atoms with E-state index in [4.69, 9.17) is 0 Å². The Kier molecular flexibility index (Phi) is 9.38. The lowest BCUT2D eigenvalue weighted by atomic mass is 10.2. The molecule has 0 aromatic heterocycles. The van der Waals surface area contributed by atoms with Crippen molar-refractivity contribution in [1.82, 2.24) is 0 Å². The second-order valence-electron chi connectivity index (χ2n) is 2.74. The van der Waals surface area contributed by atoms with E-state index in [1.807, 2.05) is 6.92 Å². The maximum Gasteiger partial charge on any atom is 0.00890 e. The van der Waals surface area contributed by atoms with Crippen LogP contribution < -0.4 is 0 Å². The molecule has 0 aromatic rings. The molecule has 0 aliphatic heterocycles. The molecule has 0 radical (unpaired) electrons. The molecule has 0 bridgehead atoms. The van der Waals surface area contributed by atoms with Gasteiger partial charge in [-0.2, -0.15) is 0 Å². The molecule has 0 aliphatic carbocycles. The number of unbranched alkanes of at least 4 members (excludes halogenated alkanes) is 4. The quantitative estimate of drug-likeness (QED) is 0.439. The van der Waals surface area contributed by atoms with Crippen molar-refractivity contribution in [3.05, 3.63) is 0 Å². The maximum absolute atomic E-state index is 3.17. The topological polar surface area (TPSA) is 0 Å². The molecule has 12 heavy (non-hydrogen) atoms. The van der Waals surface area contributed by atoms with Crippen LogP contribution in [0.2, 0.25) is 0 Å². The fraction of sp³-hybridized carbons (Fsp3) is 0.667. The van der Waals surface area contributed by atoms with Gasteiger partial charge in [0.1, 0.15) is 0 Å². The molecule has 0 aliphatic rings. The third kappa shape index (κ3) is 9.12. The molecule has 0 N–H and O–H groups in total. The molecule has 0 rings (SSSR count). The van der Waals surface area contributed by atoms with Crippen molar-refractivity contribution < 1.29 is 0 Å². The van der Waals surface area contributed by atoms with Crippen LogP contribution in [0.4, 0.5) is 0 Å². The largest absolute Gasteiger partial charge is 0.107 e. The fourth-order valence-corrected chi connectivity index (χ4v) is 0.854. The van der Waals surface area contributed by atoms with Gasteiger partial charge < -0.3 is 0 Å². The highest BCUT2D eigenvalue weighted by molar-refractivity contribution is 4.99. The van der Waals surface area contributed by atoms with Crippen LogP contribution in [0.1, 0.15) is 52.4 Å². The molecule has 0 saturated carbocycles. The predicted octanol–water partition coefficient (Wildman–Crippen LogP) is 3.37. The van der Waals surface area contributed by atoms with Crippen LogP contribution in [0.3, 0.4) is 0 Å². The Morgan fingerprint density at radius 2 is 1.42 bits per heavy atom. The minimum atomic E-state index is 1.03. The Balaban J connectivity index is 3.09. The summed E-state index contributed by atoms with van der Waals surface area (Å²) in [4.78, 5) is 0. The van der Waals surface area contributed by atoms with Crippen molar-refractivity contribution in [1.29, 1.82) is 0 Å². The standard InChI is InChI=1S/C12H18/c1-3-5-7-9-11-12-10-8-6-4-2/h3,5,8,10-12H2,1-2H3. The second-order valence-corrected chi connectivity index (χ2v) is 2.74. The van der Waals surface area contributed by atoms with Crippen molar-refractivity contribution in [3.63, 3.8) is 0 Å². The number of hydrogen-bond donors (Lipinski definition) is 0. The first-order valence-electron chi connectivity index (χ1n) is 4.77. The Hall–Kier alpha value is -0.880. The lowest BCUT2D eigenvalue weighted by Gasteiger charge is -1.88. The van der Waals surface area contributed by atoms with Gasteiger partial charge in [0.05, 0.1) is 0 Å². The maximum atomic E-state index is 3.17. The summed E-state index contributed by atoms with van der Waals surface area (Å²) < 4.78 is 0. The smallest absolute Gasteiger partial charge is 0.00890 e. The first kappa shape index (κ1) is 11.1. The van der Waals surface area contributed by atoms with E-state index in [1.54, 1.807) is 0 Å². The van der Waals surface area contributed by atoms with Gasteiger partial charge in [0, 0.05) is 19.3 Å². The average Bonchev–Trinajstić information content (AvgIpc) is 2.10. The van der Waals surface area contributed by atoms with Gasteiger partial charge in [0.25, 0.3) is 0 Å². The van der Waals surface area contributed by atoms with E-state index in [9.17, 15) is 0 Å². The monoisotopic (exact) mass is 162 g/mol. The van der Waals surface area contributed by atoms with Crippen molar-refractivity contribution in [3.8, 4) is 23.7 Å². The summed E-state index contributed by atoms with van der Waals surface area (Å²) in [5, 5.41) is 0. The van der Waals surface area contributed by atoms with Gasteiger partial charge >= 0.3 is 0 Å². The third-order valence-corrected chi connectivity index (χ3v) is 1.53.